The Bertz CT molecular complexity index is 1010. The minimum Gasteiger partial charge on any atom is -0.493 e. The lowest BCUT2D eigenvalue weighted by Gasteiger charge is -2.15. The number of nitrogens with one attached hydrogen (secondary N) is 2. The summed E-state index contributed by atoms with van der Waals surface area (Å²) in [5.41, 5.74) is 1.97. The Balaban J connectivity index is 1.38. The number of carbonyl (C=O) groups is 1. The summed E-state index contributed by atoms with van der Waals surface area (Å²) in [5, 5.41) is 3.52. The van der Waals surface area contributed by atoms with Crippen LogP contribution in [0.1, 0.15) is 28.9 Å². The predicted octanol–water partition coefficient (Wildman–Crippen LogP) is 3.80. The van der Waals surface area contributed by atoms with Gasteiger partial charge in [0.1, 0.15) is 18.1 Å². The van der Waals surface area contributed by atoms with Gasteiger partial charge in [0.15, 0.2) is 11.5 Å². The van der Waals surface area contributed by atoms with E-state index in [-0.39, 0.29) is 17.8 Å². The molecule has 0 bridgehead atoms. The summed E-state index contributed by atoms with van der Waals surface area (Å²) in [4.78, 5) is 15.4. The number of halogens is 1. The SMILES string of the molecule is COc1cc(CNC(=O)c2cc3cc(F)ccc3[nH]2)ccc1OCC1CCCO1. The lowest BCUT2D eigenvalue weighted by Crippen LogP contribution is -2.23. The van der Waals surface area contributed by atoms with Gasteiger partial charge in [-0.3, -0.25) is 4.79 Å². The van der Waals surface area contributed by atoms with Crippen molar-refractivity contribution in [1.29, 1.82) is 0 Å². The number of methoxy groups -OCH3 is 1. The Kier molecular flexibility index (Phi) is 5.67. The van der Waals surface area contributed by atoms with E-state index in [2.05, 4.69) is 10.3 Å². The number of hydrogen-bond donors (Lipinski definition) is 2. The Hall–Kier alpha value is -3.06. The van der Waals surface area contributed by atoms with E-state index >= 15 is 0 Å². The van der Waals surface area contributed by atoms with Gasteiger partial charge in [-0.25, -0.2) is 4.39 Å². The molecule has 29 heavy (non-hydrogen) atoms. The molecule has 4 rings (SSSR count). The van der Waals surface area contributed by atoms with Crippen molar-refractivity contribution >= 4 is 16.8 Å². The third-order valence-electron chi connectivity index (χ3n) is 4.96. The fourth-order valence-electron chi connectivity index (χ4n) is 3.40. The standard InChI is InChI=1S/C22H23FN2O4/c1-27-21-9-14(4-7-20(21)29-13-17-3-2-8-28-17)12-24-22(26)19-11-15-10-16(23)5-6-18(15)25-19/h4-7,9-11,17,25H,2-3,8,12-13H2,1H3,(H,24,26). The van der Waals surface area contributed by atoms with Gasteiger partial charge in [0.25, 0.3) is 5.91 Å². The van der Waals surface area contributed by atoms with Crippen molar-refractivity contribution < 1.29 is 23.4 Å². The van der Waals surface area contributed by atoms with Crippen LogP contribution < -0.4 is 14.8 Å². The zero-order chi connectivity index (χ0) is 20.2. The third-order valence-corrected chi connectivity index (χ3v) is 4.96. The molecule has 1 fully saturated rings. The van der Waals surface area contributed by atoms with Gasteiger partial charge in [0, 0.05) is 24.1 Å². The molecule has 1 unspecified atom stereocenters. The summed E-state index contributed by atoms with van der Waals surface area (Å²) in [6.07, 6.45) is 2.20. The van der Waals surface area contributed by atoms with E-state index in [9.17, 15) is 9.18 Å². The fourth-order valence-corrected chi connectivity index (χ4v) is 3.40. The van der Waals surface area contributed by atoms with Crippen molar-refractivity contribution in [3.05, 3.63) is 59.5 Å². The summed E-state index contributed by atoms with van der Waals surface area (Å²) >= 11 is 0. The van der Waals surface area contributed by atoms with Gasteiger partial charge >= 0.3 is 0 Å². The maximum atomic E-state index is 13.3. The monoisotopic (exact) mass is 398 g/mol. The van der Waals surface area contributed by atoms with Crippen molar-refractivity contribution in [2.75, 3.05) is 20.3 Å². The Labute approximate surface area is 168 Å². The van der Waals surface area contributed by atoms with E-state index in [1.807, 2.05) is 18.2 Å². The van der Waals surface area contributed by atoms with Gasteiger partial charge in [-0.15, -0.1) is 0 Å². The molecule has 7 heteroatoms. The first-order chi connectivity index (χ1) is 14.1. The Morgan fingerprint density at radius 1 is 1.24 bits per heavy atom. The molecular formula is C22H23FN2O4. The lowest BCUT2D eigenvalue weighted by atomic mass is 10.2. The first-order valence-electron chi connectivity index (χ1n) is 9.60. The smallest absolute Gasteiger partial charge is 0.267 e. The number of ether oxygens (including phenoxy) is 3. The maximum absolute atomic E-state index is 13.3. The number of amides is 1. The number of fused-ring (bicyclic) bond motifs is 1. The first-order valence-corrected chi connectivity index (χ1v) is 9.60. The molecule has 0 radical (unpaired) electrons. The molecule has 0 saturated carbocycles. The number of H-pyrrole nitrogens is 1. The first kappa shape index (κ1) is 19.3. The second-order valence-electron chi connectivity index (χ2n) is 7.03. The molecule has 1 aliphatic heterocycles. The van der Waals surface area contributed by atoms with E-state index in [1.165, 1.54) is 12.1 Å². The van der Waals surface area contributed by atoms with Crippen molar-refractivity contribution in [1.82, 2.24) is 10.3 Å². The zero-order valence-electron chi connectivity index (χ0n) is 16.2. The van der Waals surface area contributed by atoms with Crippen molar-refractivity contribution in [3.63, 3.8) is 0 Å². The fraction of sp³-hybridized carbons (Fsp3) is 0.318. The van der Waals surface area contributed by atoms with Crippen molar-refractivity contribution in [2.45, 2.75) is 25.5 Å². The van der Waals surface area contributed by atoms with Crippen molar-refractivity contribution in [3.8, 4) is 11.5 Å². The van der Waals surface area contributed by atoms with E-state index < -0.39 is 0 Å². The number of carbonyl (C=O) groups excluding carboxylic acids is 1. The van der Waals surface area contributed by atoms with Crippen LogP contribution in [-0.2, 0) is 11.3 Å². The van der Waals surface area contributed by atoms with Gasteiger partial charge in [0.05, 0.1) is 13.2 Å². The summed E-state index contributed by atoms with van der Waals surface area (Å²) in [7, 11) is 1.58. The second kappa shape index (κ2) is 8.53. The van der Waals surface area contributed by atoms with Crippen LogP contribution in [0.2, 0.25) is 0 Å². The van der Waals surface area contributed by atoms with Crippen LogP contribution in [0.15, 0.2) is 42.5 Å². The molecule has 1 aromatic heterocycles. The largest absolute Gasteiger partial charge is 0.493 e. The molecule has 2 aromatic carbocycles. The van der Waals surface area contributed by atoms with Crippen LogP contribution in [0.5, 0.6) is 11.5 Å². The van der Waals surface area contributed by atoms with E-state index in [4.69, 9.17) is 14.2 Å². The van der Waals surface area contributed by atoms with Gasteiger partial charge in [-0.05, 0) is 54.8 Å². The van der Waals surface area contributed by atoms with Crippen LogP contribution >= 0.6 is 0 Å². The molecule has 152 valence electrons. The molecule has 1 saturated heterocycles. The third kappa shape index (κ3) is 4.51. The van der Waals surface area contributed by atoms with Crippen LogP contribution in [0.4, 0.5) is 4.39 Å². The molecule has 0 aliphatic carbocycles. The average Bonchev–Trinajstić information content (AvgIpc) is 3.40. The van der Waals surface area contributed by atoms with Gasteiger partial charge in [-0.2, -0.15) is 0 Å². The molecular weight excluding hydrogens is 375 g/mol. The van der Waals surface area contributed by atoms with E-state index in [0.717, 1.165) is 25.0 Å². The number of aromatic nitrogens is 1. The van der Waals surface area contributed by atoms with Crippen LogP contribution in [-0.4, -0.2) is 37.3 Å². The molecule has 0 spiro atoms. The highest BCUT2D eigenvalue weighted by atomic mass is 19.1. The summed E-state index contributed by atoms with van der Waals surface area (Å²) in [6.45, 7) is 1.60. The molecule has 2 N–H and O–H groups in total. The molecule has 1 amide bonds. The Morgan fingerprint density at radius 2 is 2.14 bits per heavy atom. The number of benzene rings is 2. The van der Waals surface area contributed by atoms with Gasteiger partial charge < -0.3 is 24.5 Å². The minimum atomic E-state index is -0.336. The van der Waals surface area contributed by atoms with Gasteiger partial charge in [-0.1, -0.05) is 6.07 Å². The topological polar surface area (TPSA) is 72.6 Å². The minimum absolute atomic E-state index is 0.128. The molecule has 1 aliphatic rings. The predicted molar refractivity (Wildman–Crippen MR) is 107 cm³/mol. The summed E-state index contributed by atoms with van der Waals surface area (Å²) < 4.78 is 30.1. The quantitative estimate of drug-likeness (QED) is 0.635. The van der Waals surface area contributed by atoms with Gasteiger partial charge in [0.2, 0.25) is 0 Å². The highest BCUT2D eigenvalue weighted by Crippen LogP contribution is 2.29. The molecule has 2 heterocycles. The number of hydrogen-bond acceptors (Lipinski definition) is 4. The van der Waals surface area contributed by atoms with Crippen LogP contribution in [0.3, 0.4) is 0 Å². The van der Waals surface area contributed by atoms with Crippen LogP contribution in [0.25, 0.3) is 10.9 Å². The number of rotatable bonds is 7. The number of aromatic amines is 1. The highest BCUT2D eigenvalue weighted by Gasteiger charge is 2.17. The average molecular weight is 398 g/mol. The Morgan fingerprint density at radius 3 is 2.93 bits per heavy atom. The zero-order valence-corrected chi connectivity index (χ0v) is 16.2. The lowest BCUT2D eigenvalue weighted by molar-refractivity contribution is 0.0669. The van der Waals surface area contributed by atoms with E-state index in [0.29, 0.717) is 41.2 Å². The summed E-state index contributed by atoms with van der Waals surface area (Å²) in [6, 6.07) is 11.6. The summed E-state index contributed by atoms with van der Waals surface area (Å²) in [5.74, 6) is 0.656. The molecule has 6 nitrogen and oxygen atoms in total. The highest BCUT2D eigenvalue weighted by molar-refractivity contribution is 5.97. The maximum Gasteiger partial charge on any atom is 0.267 e. The second-order valence-corrected chi connectivity index (χ2v) is 7.03. The molecule has 1 atom stereocenters. The molecule has 3 aromatic rings. The van der Waals surface area contributed by atoms with E-state index in [1.54, 1.807) is 19.2 Å². The van der Waals surface area contributed by atoms with Crippen molar-refractivity contribution in [2.24, 2.45) is 0 Å². The van der Waals surface area contributed by atoms with Crippen LogP contribution in [0, 0.1) is 5.82 Å². The normalized spacial score (nSPS) is 16.1.